The lowest BCUT2D eigenvalue weighted by molar-refractivity contribution is -0.135. The molecule has 0 radical (unpaired) electrons. The van der Waals surface area contributed by atoms with Gasteiger partial charge in [-0.2, -0.15) is 4.68 Å². The highest BCUT2D eigenvalue weighted by Crippen LogP contribution is 2.24. The van der Waals surface area contributed by atoms with E-state index in [0.29, 0.717) is 38.9 Å². The van der Waals surface area contributed by atoms with Crippen molar-refractivity contribution >= 4 is 23.4 Å². The molecular weight excluding hydrogens is 412 g/mol. The minimum Gasteiger partial charge on any atom is -0.331 e. The molecule has 2 aromatic heterocycles. The highest BCUT2D eigenvalue weighted by Gasteiger charge is 2.39. The highest BCUT2D eigenvalue weighted by atomic mass is 16.2. The SMILES string of the molecule is O=CC1CCCN1C(=O)C1CCCN1n1c(=O)[nH]c(=O)c2c1ncn2Cc1ccccc1. The van der Waals surface area contributed by atoms with E-state index < -0.39 is 23.3 Å². The quantitative estimate of drug-likeness (QED) is 0.573. The number of aromatic nitrogens is 4. The molecule has 2 atom stereocenters. The van der Waals surface area contributed by atoms with Gasteiger partial charge in [-0.1, -0.05) is 30.3 Å². The fraction of sp³-hybridized carbons (Fsp3) is 0.409. The predicted molar refractivity (Wildman–Crippen MR) is 117 cm³/mol. The van der Waals surface area contributed by atoms with Crippen LogP contribution in [-0.2, 0) is 16.1 Å². The number of aldehydes is 1. The zero-order chi connectivity index (χ0) is 22.2. The van der Waals surface area contributed by atoms with Crippen LogP contribution in [0.2, 0.25) is 0 Å². The van der Waals surface area contributed by atoms with Gasteiger partial charge in [0.15, 0.2) is 11.2 Å². The smallest absolute Gasteiger partial charge is 0.331 e. The largest absolute Gasteiger partial charge is 0.349 e. The summed E-state index contributed by atoms with van der Waals surface area (Å²) in [4.78, 5) is 58.6. The van der Waals surface area contributed by atoms with E-state index in [4.69, 9.17) is 0 Å². The normalized spacial score (nSPS) is 20.9. The molecule has 1 amide bonds. The average Bonchev–Trinajstić information content (AvgIpc) is 3.54. The van der Waals surface area contributed by atoms with Crippen molar-refractivity contribution in [2.45, 2.75) is 44.3 Å². The lowest BCUT2D eigenvalue weighted by Gasteiger charge is -2.31. The number of likely N-dealkylation sites (tertiary alicyclic amines) is 1. The molecule has 5 rings (SSSR count). The number of hydrogen-bond donors (Lipinski definition) is 1. The predicted octanol–water partition coefficient (Wildman–Crippen LogP) is 0.225. The molecule has 2 unspecified atom stereocenters. The van der Waals surface area contributed by atoms with E-state index in [2.05, 4.69) is 9.97 Å². The van der Waals surface area contributed by atoms with Crippen molar-refractivity contribution in [3.63, 3.8) is 0 Å². The van der Waals surface area contributed by atoms with Gasteiger partial charge in [0.05, 0.1) is 12.4 Å². The molecule has 1 N–H and O–H groups in total. The maximum atomic E-state index is 13.3. The van der Waals surface area contributed by atoms with Crippen LogP contribution in [0.5, 0.6) is 0 Å². The van der Waals surface area contributed by atoms with Crippen molar-refractivity contribution in [1.29, 1.82) is 0 Å². The monoisotopic (exact) mass is 436 g/mol. The first-order chi connectivity index (χ1) is 15.6. The van der Waals surface area contributed by atoms with Crippen LogP contribution in [0.25, 0.3) is 11.2 Å². The molecule has 2 fully saturated rings. The standard InChI is InChI=1S/C22H24N6O4/c29-13-16-8-4-10-26(16)21(31)17-9-5-11-27(17)28-19-18(20(30)24-22(28)32)25(14-23-19)12-15-6-2-1-3-7-15/h1-3,6-7,13-14,16-17H,4-5,8-12H2,(H,24,30,32). The molecule has 0 aliphatic carbocycles. The first-order valence-electron chi connectivity index (χ1n) is 10.9. The minimum atomic E-state index is -0.625. The molecule has 3 aromatic rings. The number of carbonyl (C=O) groups excluding carboxylic acids is 2. The summed E-state index contributed by atoms with van der Waals surface area (Å²) in [5, 5.41) is 1.68. The Kier molecular flexibility index (Phi) is 5.12. The number of aromatic amines is 1. The summed E-state index contributed by atoms with van der Waals surface area (Å²) in [7, 11) is 0. The first kappa shape index (κ1) is 20.2. The van der Waals surface area contributed by atoms with Gasteiger partial charge in [-0.05, 0) is 31.2 Å². The number of rotatable bonds is 5. The van der Waals surface area contributed by atoms with E-state index in [-0.39, 0.29) is 17.1 Å². The van der Waals surface area contributed by atoms with E-state index in [1.807, 2.05) is 30.3 Å². The van der Waals surface area contributed by atoms with E-state index in [0.717, 1.165) is 18.3 Å². The van der Waals surface area contributed by atoms with Crippen molar-refractivity contribution in [2.24, 2.45) is 0 Å². The number of hydrogen-bond acceptors (Lipinski definition) is 6. The minimum absolute atomic E-state index is 0.160. The molecular formula is C22H24N6O4. The van der Waals surface area contributed by atoms with Gasteiger partial charge in [-0.3, -0.25) is 19.6 Å². The van der Waals surface area contributed by atoms with Crippen LogP contribution < -0.4 is 16.3 Å². The summed E-state index contributed by atoms with van der Waals surface area (Å²) in [5.74, 6) is -0.160. The van der Waals surface area contributed by atoms with Crippen molar-refractivity contribution in [3.05, 3.63) is 63.1 Å². The van der Waals surface area contributed by atoms with Gasteiger partial charge in [-0.15, -0.1) is 0 Å². The summed E-state index contributed by atoms with van der Waals surface area (Å²) >= 11 is 0. The van der Waals surface area contributed by atoms with Gasteiger partial charge in [-0.25, -0.2) is 9.78 Å². The molecule has 0 spiro atoms. The van der Waals surface area contributed by atoms with Crippen molar-refractivity contribution in [2.75, 3.05) is 18.1 Å². The van der Waals surface area contributed by atoms with E-state index >= 15 is 0 Å². The number of amides is 1. The Morgan fingerprint density at radius 3 is 2.69 bits per heavy atom. The molecule has 4 heterocycles. The summed E-state index contributed by atoms with van der Waals surface area (Å²) in [6.45, 7) is 1.44. The van der Waals surface area contributed by atoms with Crippen LogP contribution in [0, 0.1) is 0 Å². The maximum Gasteiger partial charge on any atom is 0.349 e. The summed E-state index contributed by atoms with van der Waals surface area (Å²) in [6.07, 6.45) is 5.09. The molecule has 2 aliphatic heterocycles. The molecule has 10 nitrogen and oxygen atoms in total. The summed E-state index contributed by atoms with van der Waals surface area (Å²) in [6, 6.07) is 8.65. The lowest BCUT2D eigenvalue weighted by atomic mass is 10.2. The van der Waals surface area contributed by atoms with Gasteiger partial charge in [0.25, 0.3) is 5.56 Å². The van der Waals surface area contributed by atoms with Gasteiger partial charge in [0.2, 0.25) is 5.91 Å². The van der Waals surface area contributed by atoms with Crippen LogP contribution in [0.3, 0.4) is 0 Å². The van der Waals surface area contributed by atoms with Crippen LogP contribution in [0.4, 0.5) is 0 Å². The lowest BCUT2D eigenvalue weighted by Crippen LogP contribution is -2.55. The highest BCUT2D eigenvalue weighted by molar-refractivity contribution is 5.87. The number of fused-ring (bicyclic) bond motifs is 1. The van der Waals surface area contributed by atoms with Gasteiger partial charge >= 0.3 is 5.69 Å². The second kappa shape index (κ2) is 8.10. The topological polar surface area (TPSA) is 113 Å². The fourth-order valence-corrected chi connectivity index (χ4v) is 4.84. The third kappa shape index (κ3) is 3.31. The van der Waals surface area contributed by atoms with E-state index in [9.17, 15) is 19.2 Å². The van der Waals surface area contributed by atoms with E-state index in [1.54, 1.807) is 20.8 Å². The zero-order valence-corrected chi connectivity index (χ0v) is 17.5. The Hall–Kier alpha value is -3.69. The maximum absolute atomic E-state index is 13.3. The van der Waals surface area contributed by atoms with Gasteiger partial charge in [0, 0.05) is 19.6 Å². The molecule has 1 aromatic carbocycles. The molecule has 32 heavy (non-hydrogen) atoms. The number of H-pyrrole nitrogens is 1. The number of nitrogens with one attached hydrogen (secondary N) is 1. The molecule has 0 bridgehead atoms. The van der Waals surface area contributed by atoms with Crippen LogP contribution in [-0.4, -0.2) is 61.5 Å². The third-order valence-electron chi connectivity index (χ3n) is 6.35. The zero-order valence-electron chi connectivity index (χ0n) is 17.5. The number of benzene rings is 1. The average molecular weight is 436 g/mol. The molecule has 0 saturated carbocycles. The Morgan fingerprint density at radius 1 is 1.12 bits per heavy atom. The molecule has 2 aliphatic rings. The Labute approximate surface area is 183 Å². The summed E-state index contributed by atoms with van der Waals surface area (Å²) in [5.41, 5.74) is 0.353. The van der Waals surface area contributed by atoms with Crippen LogP contribution in [0.1, 0.15) is 31.2 Å². The Morgan fingerprint density at radius 2 is 1.91 bits per heavy atom. The van der Waals surface area contributed by atoms with Crippen LogP contribution in [0.15, 0.2) is 46.2 Å². The van der Waals surface area contributed by atoms with Gasteiger partial charge < -0.3 is 14.3 Å². The van der Waals surface area contributed by atoms with E-state index in [1.165, 1.54) is 4.68 Å². The number of carbonyl (C=O) groups is 2. The van der Waals surface area contributed by atoms with Gasteiger partial charge in [0.1, 0.15) is 12.3 Å². The van der Waals surface area contributed by atoms with Crippen molar-refractivity contribution in [1.82, 2.24) is 24.1 Å². The number of nitrogens with zero attached hydrogens (tertiary/aromatic N) is 5. The molecule has 166 valence electrons. The second-order valence-electron chi connectivity index (χ2n) is 8.30. The number of imidazole rings is 1. The van der Waals surface area contributed by atoms with Crippen molar-refractivity contribution in [3.8, 4) is 0 Å². The molecule has 2 saturated heterocycles. The molecule has 10 heteroatoms. The fourth-order valence-electron chi connectivity index (χ4n) is 4.84. The van der Waals surface area contributed by atoms with Crippen molar-refractivity contribution < 1.29 is 9.59 Å². The summed E-state index contributed by atoms with van der Waals surface area (Å²) < 4.78 is 3.02. The third-order valence-corrected chi connectivity index (χ3v) is 6.35. The Balaban J connectivity index is 1.55. The first-order valence-corrected chi connectivity index (χ1v) is 10.9. The second-order valence-corrected chi connectivity index (χ2v) is 8.30. The Bertz CT molecular complexity index is 1280. The van der Waals surface area contributed by atoms with Crippen LogP contribution >= 0.6 is 0 Å².